The molecule has 0 radical (unpaired) electrons. The fourth-order valence-corrected chi connectivity index (χ4v) is 2.87. The number of aliphatic hydroxyl groups is 1. The van der Waals surface area contributed by atoms with Crippen molar-refractivity contribution in [2.45, 2.75) is 71.9 Å². The highest BCUT2D eigenvalue weighted by atomic mass is 16.3. The Hall–Kier alpha value is -0.120. The van der Waals surface area contributed by atoms with E-state index >= 15 is 0 Å². The maximum absolute atomic E-state index is 10.0. The van der Waals surface area contributed by atoms with Gasteiger partial charge in [0.25, 0.3) is 0 Å². The normalized spacial score (nSPS) is 19.7. The molecule has 3 heteroatoms. The van der Waals surface area contributed by atoms with Crippen LogP contribution < -0.4 is 5.32 Å². The van der Waals surface area contributed by atoms with Gasteiger partial charge in [0.2, 0.25) is 0 Å². The van der Waals surface area contributed by atoms with Crippen LogP contribution >= 0.6 is 0 Å². The number of hydrogen-bond acceptors (Lipinski definition) is 3. The predicted octanol–water partition coefficient (Wildman–Crippen LogP) is 2.64. The Kier molecular flexibility index (Phi) is 6.28. The summed E-state index contributed by atoms with van der Waals surface area (Å²) in [4.78, 5) is 2.39. The second-order valence-electron chi connectivity index (χ2n) is 7.33. The highest BCUT2D eigenvalue weighted by Crippen LogP contribution is 2.27. The van der Waals surface area contributed by atoms with Crippen molar-refractivity contribution in [1.29, 1.82) is 0 Å². The first kappa shape index (κ1) is 16.9. The molecule has 0 aliphatic heterocycles. The van der Waals surface area contributed by atoms with E-state index in [9.17, 15) is 5.11 Å². The summed E-state index contributed by atoms with van der Waals surface area (Å²) < 4.78 is 0. The fourth-order valence-electron chi connectivity index (χ4n) is 2.87. The SMILES string of the molecule is CCCC(C)(CNC1CC1)CN(CC)CC(C)(C)O. The van der Waals surface area contributed by atoms with E-state index in [1.807, 2.05) is 13.8 Å². The van der Waals surface area contributed by atoms with Gasteiger partial charge in [0.15, 0.2) is 0 Å². The van der Waals surface area contributed by atoms with Gasteiger partial charge in [0.05, 0.1) is 5.60 Å². The van der Waals surface area contributed by atoms with Crippen molar-refractivity contribution >= 4 is 0 Å². The third-order valence-electron chi connectivity index (χ3n) is 3.91. The summed E-state index contributed by atoms with van der Waals surface area (Å²) >= 11 is 0. The molecule has 19 heavy (non-hydrogen) atoms. The fraction of sp³-hybridized carbons (Fsp3) is 1.00. The zero-order valence-electron chi connectivity index (χ0n) is 13.6. The Bertz CT molecular complexity index is 258. The van der Waals surface area contributed by atoms with E-state index in [0.29, 0.717) is 5.41 Å². The van der Waals surface area contributed by atoms with Gasteiger partial charge in [0.1, 0.15) is 0 Å². The second-order valence-corrected chi connectivity index (χ2v) is 7.33. The van der Waals surface area contributed by atoms with E-state index in [4.69, 9.17) is 0 Å². The lowest BCUT2D eigenvalue weighted by molar-refractivity contribution is 0.0225. The molecule has 0 amide bonds. The maximum Gasteiger partial charge on any atom is 0.0718 e. The molecule has 0 saturated heterocycles. The Morgan fingerprint density at radius 1 is 1.16 bits per heavy atom. The van der Waals surface area contributed by atoms with Gasteiger partial charge in [-0.25, -0.2) is 0 Å². The highest BCUT2D eigenvalue weighted by molar-refractivity contribution is 4.88. The summed E-state index contributed by atoms with van der Waals surface area (Å²) in [5.41, 5.74) is -0.286. The van der Waals surface area contributed by atoms with Gasteiger partial charge in [-0.05, 0) is 45.1 Å². The largest absolute Gasteiger partial charge is 0.389 e. The van der Waals surface area contributed by atoms with Gasteiger partial charge in [-0.2, -0.15) is 0 Å². The maximum atomic E-state index is 10.0. The first-order chi connectivity index (χ1) is 8.78. The zero-order chi connectivity index (χ0) is 14.5. The monoisotopic (exact) mass is 270 g/mol. The second kappa shape index (κ2) is 7.05. The van der Waals surface area contributed by atoms with Gasteiger partial charge in [-0.15, -0.1) is 0 Å². The van der Waals surface area contributed by atoms with Crippen molar-refractivity contribution in [1.82, 2.24) is 10.2 Å². The van der Waals surface area contributed by atoms with Crippen LogP contribution in [0.5, 0.6) is 0 Å². The molecule has 0 spiro atoms. The third kappa shape index (κ3) is 7.28. The van der Waals surface area contributed by atoms with Crippen molar-refractivity contribution < 1.29 is 5.11 Å². The van der Waals surface area contributed by atoms with Gasteiger partial charge in [-0.1, -0.05) is 27.2 Å². The molecule has 2 N–H and O–H groups in total. The van der Waals surface area contributed by atoms with E-state index < -0.39 is 5.60 Å². The Morgan fingerprint density at radius 2 is 1.79 bits per heavy atom. The van der Waals surface area contributed by atoms with E-state index in [0.717, 1.165) is 32.2 Å². The van der Waals surface area contributed by atoms with Gasteiger partial charge in [-0.3, -0.25) is 0 Å². The van der Waals surface area contributed by atoms with Gasteiger partial charge in [0, 0.05) is 25.7 Å². The molecule has 0 bridgehead atoms. The third-order valence-corrected chi connectivity index (χ3v) is 3.91. The number of rotatable bonds is 10. The van der Waals surface area contributed by atoms with E-state index in [1.54, 1.807) is 0 Å². The van der Waals surface area contributed by atoms with Crippen LogP contribution in [0.4, 0.5) is 0 Å². The molecule has 3 nitrogen and oxygen atoms in total. The molecule has 0 heterocycles. The van der Waals surface area contributed by atoms with Crippen LogP contribution in [0, 0.1) is 5.41 Å². The summed E-state index contributed by atoms with van der Waals surface area (Å²) in [6, 6.07) is 0.778. The number of nitrogens with zero attached hydrogens (tertiary/aromatic N) is 1. The minimum atomic E-state index is -0.604. The summed E-state index contributed by atoms with van der Waals surface area (Å²) in [6.07, 6.45) is 5.17. The topological polar surface area (TPSA) is 35.5 Å². The quantitative estimate of drug-likeness (QED) is 0.640. The smallest absolute Gasteiger partial charge is 0.0718 e. The molecule has 1 unspecified atom stereocenters. The number of nitrogens with one attached hydrogen (secondary N) is 1. The van der Waals surface area contributed by atoms with Crippen molar-refractivity contribution in [2.75, 3.05) is 26.2 Å². The first-order valence-corrected chi connectivity index (χ1v) is 7.96. The minimum Gasteiger partial charge on any atom is -0.389 e. The average Bonchev–Trinajstić information content (AvgIpc) is 3.08. The van der Waals surface area contributed by atoms with Crippen LogP contribution in [0.25, 0.3) is 0 Å². The molecule has 1 atom stereocenters. The standard InChI is InChI=1S/C16H34N2O/c1-6-10-16(5,11-17-14-8-9-14)13-18(7-2)12-15(3,4)19/h14,17,19H,6-13H2,1-5H3. The summed E-state index contributed by atoms with van der Waals surface area (Å²) in [5, 5.41) is 13.7. The Labute approximate surface area is 119 Å². The summed E-state index contributed by atoms with van der Waals surface area (Å²) in [6.45, 7) is 14.6. The van der Waals surface area contributed by atoms with Crippen molar-refractivity contribution in [2.24, 2.45) is 5.41 Å². The summed E-state index contributed by atoms with van der Waals surface area (Å²) in [5.74, 6) is 0. The molecule has 114 valence electrons. The molecule has 1 aliphatic rings. The van der Waals surface area contributed by atoms with Crippen LogP contribution in [0.1, 0.15) is 60.3 Å². The lowest BCUT2D eigenvalue weighted by atomic mass is 9.84. The predicted molar refractivity (Wildman–Crippen MR) is 82.5 cm³/mol. The molecule has 1 fully saturated rings. The highest BCUT2D eigenvalue weighted by Gasteiger charge is 2.30. The molecule has 0 aromatic rings. The van der Waals surface area contributed by atoms with Crippen molar-refractivity contribution in [3.63, 3.8) is 0 Å². The summed E-state index contributed by atoms with van der Waals surface area (Å²) in [7, 11) is 0. The molecule has 1 saturated carbocycles. The van der Waals surface area contributed by atoms with Crippen LogP contribution in [-0.4, -0.2) is 47.8 Å². The molecule has 0 aromatic carbocycles. The van der Waals surface area contributed by atoms with E-state index in [-0.39, 0.29) is 0 Å². The van der Waals surface area contributed by atoms with Crippen LogP contribution in [0.15, 0.2) is 0 Å². The van der Waals surface area contributed by atoms with Crippen LogP contribution in [0.2, 0.25) is 0 Å². The minimum absolute atomic E-state index is 0.318. The molecule has 1 rings (SSSR count). The Balaban J connectivity index is 2.51. The molecule has 0 aromatic heterocycles. The van der Waals surface area contributed by atoms with Crippen molar-refractivity contribution in [3.05, 3.63) is 0 Å². The van der Waals surface area contributed by atoms with E-state index in [1.165, 1.54) is 25.7 Å². The van der Waals surface area contributed by atoms with E-state index in [2.05, 4.69) is 31.0 Å². The molecular formula is C16H34N2O. The molecular weight excluding hydrogens is 236 g/mol. The van der Waals surface area contributed by atoms with Crippen molar-refractivity contribution in [3.8, 4) is 0 Å². The lowest BCUT2D eigenvalue weighted by Gasteiger charge is -2.37. The zero-order valence-corrected chi connectivity index (χ0v) is 13.6. The molecule has 1 aliphatic carbocycles. The van der Waals surface area contributed by atoms with Crippen LogP contribution in [0.3, 0.4) is 0 Å². The van der Waals surface area contributed by atoms with Gasteiger partial charge < -0.3 is 15.3 Å². The lowest BCUT2D eigenvalue weighted by Crippen LogP contribution is -2.47. The van der Waals surface area contributed by atoms with Crippen LogP contribution in [-0.2, 0) is 0 Å². The van der Waals surface area contributed by atoms with Gasteiger partial charge >= 0.3 is 0 Å². The number of likely N-dealkylation sites (N-methyl/N-ethyl adjacent to an activating group) is 1. The number of hydrogen-bond donors (Lipinski definition) is 2. The average molecular weight is 270 g/mol. The Morgan fingerprint density at radius 3 is 2.21 bits per heavy atom. The first-order valence-electron chi connectivity index (χ1n) is 7.96.